The zero-order valence-corrected chi connectivity index (χ0v) is 15.9. The number of amides is 1. The van der Waals surface area contributed by atoms with Crippen LogP contribution in [0.25, 0.3) is 0 Å². The van der Waals surface area contributed by atoms with E-state index >= 15 is 0 Å². The lowest BCUT2D eigenvalue weighted by Gasteiger charge is -2.43. The highest BCUT2D eigenvalue weighted by molar-refractivity contribution is 7.89. The van der Waals surface area contributed by atoms with E-state index in [4.69, 9.17) is 0 Å². The van der Waals surface area contributed by atoms with Gasteiger partial charge in [0.05, 0.1) is 4.90 Å². The summed E-state index contributed by atoms with van der Waals surface area (Å²) in [4.78, 5) is 12.6. The molecule has 1 atom stereocenters. The zero-order chi connectivity index (χ0) is 20.5. The average molecular weight is 412 g/mol. The molecular weight excluding hydrogens is 393 g/mol. The molecule has 1 aliphatic rings. The number of sulfonamides is 1. The first kappa shape index (κ1) is 20.3. The number of benzene rings is 2. The number of carbonyl (C=O) groups excluding carboxylic acids is 1. The minimum atomic E-state index is -5.09. The molecule has 2 aromatic rings. The molecule has 0 bridgehead atoms. The number of halogens is 3. The van der Waals surface area contributed by atoms with E-state index in [2.05, 4.69) is 0 Å². The van der Waals surface area contributed by atoms with Crippen LogP contribution in [-0.4, -0.2) is 42.8 Å². The maximum absolute atomic E-state index is 13.2. The van der Waals surface area contributed by atoms with Crippen LogP contribution in [0, 0.1) is 6.92 Å². The maximum atomic E-state index is 13.2. The Morgan fingerprint density at radius 1 is 1.00 bits per heavy atom. The molecule has 5 nitrogen and oxygen atoms in total. The predicted octanol–water partition coefficient (Wildman–Crippen LogP) is 3.48. The number of hydrogen-bond donors (Lipinski definition) is 0. The second-order valence-corrected chi connectivity index (χ2v) is 8.45. The van der Waals surface area contributed by atoms with Crippen LogP contribution in [0.1, 0.15) is 23.7 Å². The van der Waals surface area contributed by atoms with Gasteiger partial charge < -0.3 is 4.90 Å². The van der Waals surface area contributed by atoms with Crippen molar-refractivity contribution in [2.24, 2.45) is 0 Å². The third-order valence-corrected chi connectivity index (χ3v) is 6.44. The Hall–Kier alpha value is -2.39. The van der Waals surface area contributed by atoms with Crippen LogP contribution in [0.15, 0.2) is 59.5 Å². The van der Waals surface area contributed by atoms with Crippen LogP contribution < -0.4 is 0 Å². The fourth-order valence-electron chi connectivity index (χ4n) is 3.24. The highest BCUT2D eigenvalue weighted by Gasteiger charge is 2.49. The molecule has 9 heteroatoms. The first-order chi connectivity index (χ1) is 13.1. The second-order valence-electron chi connectivity index (χ2n) is 6.56. The average Bonchev–Trinajstić information content (AvgIpc) is 2.67. The molecule has 1 fully saturated rings. The predicted molar refractivity (Wildman–Crippen MR) is 96.6 cm³/mol. The molecule has 0 spiro atoms. The van der Waals surface area contributed by atoms with Gasteiger partial charge in [0.25, 0.3) is 0 Å². The standard InChI is InChI=1S/C19H19F3N2O3S/c1-14-8-10-16(11-9-14)28(26,27)24-13-5-12-23(18(25)19(20,21)22)17(24)15-6-3-2-4-7-15/h2-4,6-11,17H,5,12-13H2,1H3. The van der Waals surface area contributed by atoms with E-state index in [1.54, 1.807) is 37.3 Å². The van der Waals surface area contributed by atoms with Crippen LogP contribution in [0.4, 0.5) is 13.2 Å². The fourth-order valence-corrected chi connectivity index (χ4v) is 4.86. The summed E-state index contributed by atoms with van der Waals surface area (Å²) in [7, 11) is -4.12. The Morgan fingerprint density at radius 2 is 1.61 bits per heavy atom. The van der Waals surface area contributed by atoms with Gasteiger partial charge in [-0.2, -0.15) is 17.5 Å². The van der Waals surface area contributed by atoms with Crippen LogP contribution in [0.3, 0.4) is 0 Å². The van der Waals surface area contributed by atoms with Crippen molar-refractivity contribution < 1.29 is 26.4 Å². The minimum Gasteiger partial charge on any atom is -0.314 e. The third-order valence-electron chi connectivity index (χ3n) is 4.57. The molecule has 3 rings (SSSR count). The van der Waals surface area contributed by atoms with E-state index in [9.17, 15) is 26.4 Å². The SMILES string of the molecule is Cc1ccc(S(=O)(=O)N2CCCN(C(=O)C(F)(F)F)C2c2ccccc2)cc1. The number of hydrogen-bond acceptors (Lipinski definition) is 3. The molecule has 2 aromatic carbocycles. The Bertz CT molecular complexity index is 945. The van der Waals surface area contributed by atoms with Crippen molar-refractivity contribution in [1.29, 1.82) is 0 Å². The van der Waals surface area contributed by atoms with Gasteiger partial charge in [-0.25, -0.2) is 8.42 Å². The van der Waals surface area contributed by atoms with Gasteiger partial charge in [0.15, 0.2) is 0 Å². The van der Waals surface area contributed by atoms with Crippen molar-refractivity contribution in [2.45, 2.75) is 30.6 Å². The maximum Gasteiger partial charge on any atom is 0.471 e. The molecule has 0 aromatic heterocycles. The summed E-state index contributed by atoms with van der Waals surface area (Å²) in [5.74, 6) is -2.05. The number of rotatable bonds is 3. The van der Waals surface area contributed by atoms with Gasteiger partial charge >= 0.3 is 12.1 Å². The van der Waals surface area contributed by atoms with Crippen molar-refractivity contribution in [2.75, 3.05) is 13.1 Å². The Balaban J connectivity index is 2.10. The highest BCUT2D eigenvalue weighted by Crippen LogP contribution is 2.36. The molecule has 150 valence electrons. The third kappa shape index (κ3) is 3.90. The van der Waals surface area contributed by atoms with Gasteiger partial charge in [0, 0.05) is 13.1 Å². The monoisotopic (exact) mass is 412 g/mol. The second kappa shape index (κ2) is 7.56. The molecule has 1 heterocycles. The lowest BCUT2D eigenvalue weighted by atomic mass is 10.1. The summed E-state index contributed by atoms with van der Waals surface area (Å²) in [6.45, 7) is 1.63. The van der Waals surface area contributed by atoms with Gasteiger partial charge in [0.2, 0.25) is 10.0 Å². The van der Waals surface area contributed by atoms with Crippen molar-refractivity contribution in [3.63, 3.8) is 0 Å². The van der Waals surface area contributed by atoms with Crippen LogP contribution in [-0.2, 0) is 14.8 Å². The van der Waals surface area contributed by atoms with Gasteiger partial charge in [0.1, 0.15) is 6.17 Å². The molecule has 0 saturated carbocycles. The van der Waals surface area contributed by atoms with Crippen LogP contribution >= 0.6 is 0 Å². The largest absolute Gasteiger partial charge is 0.471 e. The fraction of sp³-hybridized carbons (Fsp3) is 0.316. The topological polar surface area (TPSA) is 57.7 Å². The normalized spacial score (nSPS) is 18.9. The van der Waals surface area contributed by atoms with Gasteiger partial charge in [-0.15, -0.1) is 0 Å². The van der Waals surface area contributed by atoms with Gasteiger partial charge in [-0.05, 0) is 31.0 Å². The molecule has 1 unspecified atom stereocenters. The quantitative estimate of drug-likeness (QED) is 0.776. The Morgan fingerprint density at radius 3 is 2.18 bits per heavy atom. The lowest BCUT2D eigenvalue weighted by molar-refractivity contribution is -0.192. The Labute approximate surface area is 161 Å². The van der Waals surface area contributed by atoms with Gasteiger partial charge in [-0.1, -0.05) is 48.0 Å². The van der Waals surface area contributed by atoms with Crippen LogP contribution in [0.5, 0.6) is 0 Å². The molecule has 1 saturated heterocycles. The number of aryl methyl sites for hydroxylation is 1. The summed E-state index contributed by atoms with van der Waals surface area (Å²) >= 11 is 0. The molecule has 0 N–H and O–H groups in total. The zero-order valence-electron chi connectivity index (χ0n) is 15.1. The van der Waals surface area contributed by atoms with E-state index in [1.807, 2.05) is 0 Å². The molecule has 1 aliphatic heterocycles. The summed E-state index contributed by atoms with van der Waals surface area (Å²) in [5.41, 5.74) is 1.15. The van der Waals surface area contributed by atoms with Crippen molar-refractivity contribution in [1.82, 2.24) is 9.21 Å². The first-order valence-corrected chi connectivity index (χ1v) is 10.1. The highest BCUT2D eigenvalue weighted by atomic mass is 32.2. The molecule has 1 amide bonds. The summed E-state index contributed by atoms with van der Waals surface area (Å²) in [5, 5.41) is 0. The van der Waals surface area contributed by atoms with E-state index in [0.29, 0.717) is 10.5 Å². The number of carbonyl (C=O) groups is 1. The summed E-state index contributed by atoms with van der Waals surface area (Å²) in [6.07, 6.45) is -6.35. The van der Waals surface area contributed by atoms with Crippen molar-refractivity contribution in [3.05, 3.63) is 65.7 Å². The molecule has 0 radical (unpaired) electrons. The van der Waals surface area contributed by atoms with E-state index in [-0.39, 0.29) is 24.4 Å². The number of alkyl halides is 3. The van der Waals surface area contributed by atoms with E-state index in [1.165, 1.54) is 24.3 Å². The number of nitrogens with zero attached hydrogens (tertiary/aromatic N) is 2. The Kier molecular flexibility index (Phi) is 5.49. The molecule has 0 aliphatic carbocycles. The first-order valence-electron chi connectivity index (χ1n) is 8.63. The molecular formula is C19H19F3N2O3S. The minimum absolute atomic E-state index is 0.0113. The van der Waals surface area contributed by atoms with E-state index in [0.717, 1.165) is 9.87 Å². The summed E-state index contributed by atoms with van der Waals surface area (Å²) in [6, 6.07) is 14.0. The van der Waals surface area contributed by atoms with Crippen molar-refractivity contribution in [3.8, 4) is 0 Å². The summed E-state index contributed by atoms with van der Waals surface area (Å²) < 4.78 is 66.8. The molecule has 28 heavy (non-hydrogen) atoms. The van der Waals surface area contributed by atoms with E-state index < -0.39 is 28.3 Å². The van der Waals surface area contributed by atoms with Gasteiger partial charge in [-0.3, -0.25) is 4.79 Å². The van der Waals surface area contributed by atoms with Crippen molar-refractivity contribution >= 4 is 15.9 Å². The smallest absolute Gasteiger partial charge is 0.314 e. The van der Waals surface area contributed by atoms with Crippen LogP contribution in [0.2, 0.25) is 0 Å². The lowest BCUT2D eigenvalue weighted by Crippen LogP contribution is -2.55.